The summed E-state index contributed by atoms with van der Waals surface area (Å²) in [7, 11) is -3.45. The lowest BCUT2D eigenvalue weighted by molar-refractivity contribution is -0.131. The Bertz CT molecular complexity index is 708. The number of benzene rings is 1. The molecule has 1 aromatic carbocycles. The van der Waals surface area contributed by atoms with Gasteiger partial charge in [-0.05, 0) is 18.1 Å². The van der Waals surface area contributed by atoms with Crippen LogP contribution in [0.1, 0.15) is 11.1 Å². The predicted molar refractivity (Wildman–Crippen MR) is 94.3 cm³/mol. The average molecular weight is 367 g/mol. The summed E-state index contributed by atoms with van der Waals surface area (Å²) >= 11 is 0. The van der Waals surface area contributed by atoms with Crippen LogP contribution >= 0.6 is 0 Å². The molecule has 0 spiro atoms. The van der Waals surface area contributed by atoms with Crippen molar-refractivity contribution in [3.63, 3.8) is 0 Å². The number of morpholine rings is 1. The van der Waals surface area contributed by atoms with Crippen LogP contribution in [0.4, 0.5) is 0 Å². The maximum atomic E-state index is 12.6. The molecule has 0 radical (unpaired) electrons. The van der Waals surface area contributed by atoms with Gasteiger partial charge < -0.3 is 9.64 Å². The van der Waals surface area contributed by atoms with Crippen LogP contribution in [0.15, 0.2) is 24.3 Å². The van der Waals surface area contributed by atoms with Gasteiger partial charge in [0.05, 0.1) is 19.6 Å². The molecule has 1 amide bonds. The number of hydrogen-bond donors (Lipinski definition) is 0. The Balaban J connectivity index is 1.56. The third-order valence-corrected chi connectivity index (χ3v) is 6.85. The highest BCUT2D eigenvalue weighted by Crippen LogP contribution is 2.15. The number of ether oxygens (including phenoxy) is 1. The number of rotatable bonds is 4. The van der Waals surface area contributed by atoms with Crippen LogP contribution in [0.3, 0.4) is 0 Å². The van der Waals surface area contributed by atoms with Crippen molar-refractivity contribution in [2.75, 3.05) is 52.5 Å². The second-order valence-corrected chi connectivity index (χ2v) is 8.33. The van der Waals surface area contributed by atoms with Crippen molar-refractivity contribution in [1.82, 2.24) is 13.5 Å². The Labute approximate surface area is 149 Å². The lowest BCUT2D eigenvalue weighted by Crippen LogP contribution is -2.56. The molecule has 2 fully saturated rings. The first-order chi connectivity index (χ1) is 12.0. The molecule has 0 atom stereocenters. The van der Waals surface area contributed by atoms with E-state index in [2.05, 4.69) is 0 Å². The molecule has 138 valence electrons. The van der Waals surface area contributed by atoms with Gasteiger partial charge in [0, 0.05) is 39.3 Å². The van der Waals surface area contributed by atoms with Crippen LogP contribution < -0.4 is 0 Å². The fourth-order valence-corrected chi connectivity index (χ4v) is 4.75. The topological polar surface area (TPSA) is 70.2 Å². The summed E-state index contributed by atoms with van der Waals surface area (Å²) in [5, 5.41) is 0. The van der Waals surface area contributed by atoms with Crippen LogP contribution in [0, 0.1) is 6.92 Å². The molecule has 0 saturated carbocycles. The molecule has 0 aliphatic carbocycles. The van der Waals surface area contributed by atoms with E-state index in [0.29, 0.717) is 58.9 Å². The molecule has 0 aromatic heterocycles. The Hall–Kier alpha value is -1.48. The number of aryl methyl sites for hydroxylation is 1. The smallest absolute Gasteiger partial charge is 0.282 e. The SMILES string of the molecule is Cc1ccccc1CC(=O)N1CCN(S(=O)(=O)N2CCOCC2)CC1. The zero-order valence-corrected chi connectivity index (χ0v) is 15.4. The summed E-state index contributed by atoms with van der Waals surface area (Å²) < 4.78 is 33.5. The van der Waals surface area contributed by atoms with Gasteiger partial charge in [-0.3, -0.25) is 4.79 Å². The maximum absolute atomic E-state index is 12.6. The summed E-state index contributed by atoms with van der Waals surface area (Å²) in [6, 6.07) is 7.85. The van der Waals surface area contributed by atoms with E-state index in [1.807, 2.05) is 31.2 Å². The van der Waals surface area contributed by atoms with Crippen LogP contribution in [0.25, 0.3) is 0 Å². The van der Waals surface area contributed by atoms with E-state index in [4.69, 9.17) is 4.74 Å². The van der Waals surface area contributed by atoms with Gasteiger partial charge in [0.2, 0.25) is 5.91 Å². The summed E-state index contributed by atoms with van der Waals surface area (Å²) in [6.07, 6.45) is 0.364. The van der Waals surface area contributed by atoms with Crippen LogP contribution in [0.5, 0.6) is 0 Å². The molecule has 25 heavy (non-hydrogen) atoms. The third-order valence-electron chi connectivity index (χ3n) is 4.82. The summed E-state index contributed by atoms with van der Waals surface area (Å²) in [5.74, 6) is 0.0534. The van der Waals surface area contributed by atoms with Crippen molar-refractivity contribution in [3.05, 3.63) is 35.4 Å². The molecule has 2 aliphatic rings. The van der Waals surface area contributed by atoms with Gasteiger partial charge in [0.1, 0.15) is 0 Å². The predicted octanol–water partition coefficient (Wildman–Crippen LogP) is 0.259. The van der Waals surface area contributed by atoms with Crippen LogP contribution in [0.2, 0.25) is 0 Å². The molecular formula is C17H25N3O4S. The normalized spacial score (nSPS) is 20.6. The molecule has 2 heterocycles. The largest absolute Gasteiger partial charge is 0.379 e. The highest BCUT2D eigenvalue weighted by atomic mass is 32.2. The molecule has 1 aromatic rings. The van der Waals surface area contributed by atoms with Gasteiger partial charge in [-0.15, -0.1) is 0 Å². The summed E-state index contributed by atoms with van der Waals surface area (Å²) in [5.41, 5.74) is 2.13. The maximum Gasteiger partial charge on any atom is 0.282 e. The van der Waals surface area contributed by atoms with Crippen LogP contribution in [-0.2, 0) is 26.2 Å². The first kappa shape index (κ1) is 18.3. The van der Waals surface area contributed by atoms with Crippen molar-refractivity contribution in [1.29, 1.82) is 0 Å². The number of carbonyl (C=O) groups excluding carboxylic acids is 1. The molecule has 2 saturated heterocycles. The summed E-state index contributed by atoms with van der Waals surface area (Å²) in [4.78, 5) is 14.3. The van der Waals surface area contributed by atoms with E-state index >= 15 is 0 Å². The number of carbonyl (C=O) groups is 1. The third kappa shape index (κ3) is 4.20. The number of hydrogen-bond acceptors (Lipinski definition) is 4. The van der Waals surface area contributed by atoms with Crippen molar-refractivity contribution < 1.29 is 17.9 Å². The van der Waals surface area contributed by atoms with E-state index in [1.165, 1.54) is 8.61 Å². The van der Waals surface area contributed by atoms with E-state index < -0.39 is 10.2 Å². The quantitative estimate of drug-likeness (QED) is 0.765. The zero-order valence-electron chi connectivity index (χ0n) is 14.6. The second kappa shape index (κ2) is 7.82. The molecule has 0 N–H and O–H groups in total. The first-order valence-corrected chi connectivity index (χ1v) is 10.0. The van der Waals surface area contributed by atoms with Crippen molar-refractivity contribution in [2.45, 2.75) is 13.3 Å². The van der Waals surface area contributed by atoms with Gasteiger partial charge in [-0.1, -0.05) is 24.3 Å². The van der Waals surface area contributed by atoms with E-state index in [9.17, 15) is 13.2 Å². The first-order valence-electron chi connectivity index (χ1n) is 8.64. The molecule has 0 unspecified atom stereocenters. The lowest BCUT2D eigenvalue weighted by atomic mass is 10.1. The fraction of sp³-hybridized carbons (Fsp3) is 0.588. The zero-order chi connectivity index (χ0) is 17.9. The fourth-order valence-electron chi connectivity index (χ4n) is 3.19. The molecule has 2 aliphatic heterocycles. The minimum Gasteiger partial charge on any atom is -0.379 e. The number of amides is 1. The average Bonchev–Trinajstić information content (AvgIpc) is 2.64. The standard InChI is InChI=1S/C17H25N3O4S/c1-15-4-2-3-5-16(15)14-17(21)18-6-8-19(9-7-18)25(22,23)20-10-12-24-13-11-20/h2-5H,6-14H2,1H3. The van der Waals surface area contributed by atoms with Gasteiger partial charge >= 0.3 is 0 Å². The Morgan fingerprint density at radius 1 is 1.00 bits per heavy atom. The van der Waals surface area contributed by atoms with E-state index in [-0.39, 0.29) is 5.91 Å². The Kier molecular flexibility index (Phi) is 5.73. The molecule has 8 heteroatoms. The van der Waals surface area contributed by atoms with Gasteiger partial charge in [-0.25, -0.2) is 0 Å². The summed E-state index contributed by atoms with van der Waals surface area (Å²) in [6.45, 7) is 5.24. The molecular weight excluding hydrogens is 342 g/mol. The molecule has 3 rings (SSSR count). The Morgan fingerprint density at radius 2 is 1.60 bits per heavy atom. The van der Waals surface area contributed by atoms with Gasteiger partial charge in [0.25, 0.3) is 10.2 Å². The molecule has 0 bridgehead atoms. The monoisotopic (exact) mass is 367 g/mol. The second-order valence-electron chi connectivity index (χ2n) is 6.40. The van der Waals surface area contributed by atoms with Gasteiger partial charge in [0.15, 0.2) is 0 Å². The van der Waals surface area contributed by atoms with E-state index in [0.717, 1.165) is 11.1 Å². The Morgan fingerprint density at radius 3 is 2.24 bits per heavy atom. The number of nitrogens with zero attached hydrogens (tertiary/aromatic N) is 3. The van der Waals surface area contributed by atoms with Gasteiger partial charge in [-0.2, -0.15) is 17.0 Å². The highest BCUT2D eigenvalue weighted by Gasteiger charge is 2.34. The van der Waals surface area contributed by atoms with Crippen molar-refractivity contribution in [2.24, 2.45) is 0 Å². The highest BCUT2D eigenvalue weighted by molar-refractivity contribution is 7.86. The molecule has 7 nitrogen and oxygen atoms in total. The van der Waals surface area contributed by atoms with Crippen molar-refractivity contribution >= 4 is 16.1 Å². The van der Waals surface area contributed by atoms with Crippen LogP contribution in [-0.4, -0.2) is 80.3 Å². The number of piperazine rings is 1. The lowest BCUT2D eigenvalue weighted by Gasteiger charge is -2.37. The minimum absolute atomic E-state index is 0.0534. The van der Waals surface area contributed by atoms with Crippen molar-refractivity contribution in [3.8, 4) is 0 Å². The minimum atomic E-state index is -3.45. The van der Waals surface area contributed by atoms with E-state index in [1.54, 1.807) is 4.90 Å².